The molecule has 46 heavy (non-hydrogen) atoms. The molecular formula is C42H26N2O2. The van der Waals surface area contributed by atoms with Crippen molar-refractivity contribution < 1.29 is 8.83 Å². The van der Waals surface area contributed by atoms with Crippen LogP contribution in [-0.4, -0.2) is 4.57 Å². The van der Waals surface area contributed by atoms with E-state index in [-0.39, 0.29) is 0 Å². The average Bonchev–Trinajstić information content (AvgIpc) is 3.78. The second-order valence-corrected chi connectivity index (χ2v) is 11.8. The summed E-state index contributed by atoms with van der Waals surface area (Å²) >= 11 is 0. The molecule has 0 aliphatic rings. The Morgan fingerprint density at radius 1 is 0.348 bits per heavy atom. The lowest BCUT2D eigenvalue weighted by Crippen LogP contribution is -2.09. The van der Waals surface area contributed by atoms with E-state index >= 15 is 0 Å². The first-order valence-corrected chi connectivity index (χ1v) is 15.5. The Kier molecular flexibility index (Phi) is 5.25. The maximum atomic E-state index is 6.37. The first kappa shape index (κ1) is 25.1. The largest absolute Gasteiger partial charge is 0.456 e. The Hall–Kier alpha value is -6.26. The number of para-hydroxylation sites is 4. The van der Waals surface area contributed by atoms with E-state index in [9.17, 15) is 0 Å². The smallest absolute Gasteiger partial charge is 0.137 e. The van der Waals surface area contributed by atoms with Crippen LogP contribution in [0.3, 0.4) is 0 Å². The molecule has 3 aromatic heterocycles. The lowest BCUT2D eigenvalue weighted by Gasteiger charge is -2.26. The van der Waals surface area contributed by atoms with Gasteiger partial charge in [0, 0.05) is 61.1 Å². The van der Waals surface area contributed by atoms with Crippen LogP contribution in [0, 0.1) is 0 Å². The molecule has 216 valence electrons. The molecule has 0 N–H and O–H groups in total. The highest BCUT2D eigenvalue weighted by Gasteiger charge is 2.20. The maximum Gasteiger partial charge on any atom is 0.137 e. The fraction of sp³-hybridized carbons (Fsp3) is 0. The summed E-state index contributed by atoms with van der Waals surface area (Å²) in [6.45, 7) is 0. The summed E-state index contributed by atoms with van der Waals surface area (Å²) < 4.78 is 14.9. The third-order valence-corrected chi connectivity index (χ3v) is 9.17. The summed E-state index contributed by atoms with van der Waals surface area (Å²) in [5, 5.41) is 6.83. The number of aromatic nitrogens is 1. The van der Waals surface area contributed by atoms with Gasteiger partial charge in [0.05, 0.1) is 11.0 Å². The zero-order valence-corrected chi connectivity index (χ0v) is 24.7. The minimum absolute atomic E-state index is 0.861. The van der Waals surface area contributed by atoms with Crippen LogP contribution in [-0.2, 0) is 0 Å². The molecule has 4 heteroatoms. The van der Waals surface area contributed by atoms with Crippen LogP contribution in [0.25, 0.3) is 71.4 Å². The molecule has 0 bridgehead atoms. The van der Waals surface area contributed by atoms with E-state index < -0.39 is 0 Å². The molecule has 0 aliphatic heterocycles. The van der Waals surface area contributed by atoms with Crippen LogP contribution in [0.4, 0.5) is 17.1 Å². The van der Waals surface area contributed by atoms with E-state index in [4.69, 9.17) is 8.83 Å². The Morgan fingerprint density at radius 2 is 0.870 bits per heavy atom. The lowest BCUT2D eigenvalue weighted by atomic mass is 10.1. The average molecular weight is 591 g/mol. The van der Waals surface area contributed by atoms with Gasteiger partial charge in [0.25, 0.3) is 0 Å². The van der Waals surface area contributed by atoms with E-state index in [0.717, 1.165) is 66.6 Å². The molecule has 10 aromatic rings. The third-order valence-electron chi connectivity index (χ3n) is 9.17. The van der Waals surface area contributed by atoms with Crippen molar-refractivity contribution in [1.29, 1.82) is 0 Å². The summed E-state index contributed by atoms with van der Waals surface area (Å²) in [7, 11) is 0. The van der Waals surface area contributed by atoms with Gasteiger partial charge in [0.15, 0.2) is 0 Å². The minimum atomic E-state index is 0.861. The SMILES string of the molecule is c1ccc(-n2c3ccccc3c3cc(N(c4ccc5c(c4)oc4ccccc45)c4ccc5oc6ccccc6c5c4)ccc32)cc1. The van der Waals surface area contributed by atoms with Crippen LogP contribution in [0.15, 0.2) is 167 Å². The van der Waals surface area contributed by atoms with Gasteiger partial charge in [-0.15, -0.1) is 0 Å². The third kappa shape index (κ3) is 3.67. The predicted molar refractivity (Wildman–Crippen MR) is 190 cm³/mol. The van der Waals surface area contributed by atoms with Gasteiger partial charge >= 0.3 is 0 Å². The van der Waals surface area contributed by atoms with E-state index in [0.29, 0.717) is 0 Å². The highest BCUT2D eigenvalue weighted by Crippen LogP contribution is 2.43. The second-order valence-electron chi connectivity index (χ2n) is 11.8. The topological polar surface area (TPSA) is 34.5 Å². The van der Waals surface area contributed by atoms with Gasteiger partial charge < -0.3 is 18.3 Å². The van der Waals surface area contributed by atoms with E-state index in [1.807, 2.05) is 24.3 Å². The first-order valence-electron chi connectivity index (χ1n) is 15.5. The van der Waals surface area contributed by atoms with Crippen LogP contribution in [0.1, 0.15) is 0 Å². The van der Waals surface area contributed by atoms with Gasteiger partial charge in [-0.25, -0.2) is 0 Å². The van der Waals surface area contributed by atoms with Gasteiger partial charge in [0.2, 0.25) is 0 Å². The Labute approximate surface area is 263 Å². The molecule has 3 heterocycles. The van der Waals surface area contributed by atoms with Crippen LogP contribution in [0.5, 0.6) is 0 Å². The number of furan rings is 2. The molecule has 0 saturated carbocycles. The molecule has 0 aliphatic carbocycles. The zero-order valence-electron chi connectivity index (χ0n) is 24.7. The molecule has 0 spiro atoms. The molecular weight excluding hydrogens is 564 g/mol. The predicted octanol–water partition coefficient (Wildman–Crippen LogP) is 12.1. The van der Waals surface area contributed by atoms with Gasteiger partial charge in [-0.1, -0.05) is 72.8 Å². The van der Waals surface area contributed by atoms with E-state index in [1.54, 1.807) is 0 Å². The summed E-state index contributed by atoms with van der Waals surface area (Å²) in [5.74, 6) is 0. The monoisotopic (exact) mass is 590 g/mol. The summed E-state index contributed by atoms with van der Waals surface area (Å²) in [6, 6.07) is 55.5. The fourth-order valence-electron chi connectivity index (χ4n) is 7.11. The van der Waals surface area contributed by atoms with Crippen molar-refractivity contribution in [2.24, 2.45) is 0 Å². The standard InChI is InChI=1S/C42H26N2O2/c1-2-10-27(11-3-1)44-37-15-7-4-12-31(37)35-24-28(19-22-38(35)44)43(29-20-23-41-36(25-29)33-14-6-9-17-40(33)45-41)30-18-21-34-32-13-5-8-16-39(32)46-42(34)26-30/h1-26H. The molecule has 7 aromatic carbocycles. The van der Waals surface area contributed by atoms with Gasteiger partial charge in [-0.3, -0.25) is 0 Å². The number of rotatable bonds is 4. The fourth-order valence-corrected chi connectivity index (χ4v) is 7.11. The molecule has 0 atom stereocenters. The van der Waals surface area contributed by atoms with Crippen molar-refractivity contribution in [3.05, 3.63) is 158 Å². The van der Waals surface area contributed by atoms with Crippen molar-refractivity contribution in [3.63, 3.8) is 0 Å². The van der Waals surface area contributed by atoms with E-state index in [2.05, 4.69) is 143 Å². The van der Waals surface area contributed by atoms with Gasteiger partial charge in [-0.2, -0.15) is 0 Å². The van der Waals surface area contributed by atoms with Crippen molar-refractivity contribution in [2.75, 3.05) is 4.90 Å². The molecule has 0 fully saturated rings. The van der Waals surface area contributed by atoms with Crippen molar-refractivity contribution in [3.8, 4) is 5.69 Å². The van der Waals surface area contributed by atoms with Crippen LogP contribution >= 0.6 is 0 Å². The molecule has 0 radical (unpaired) electrons. The summed E-state index contributed by atoms with van der Waals surface area (Å²) in [4.78, 5) is 2.32. The summed E-state index contributed by atoms with van der Waals surface area (Å²) in [5.41, 5.74) is 10.1. The van der Waals surface area contributed by atoms with Crippen LogP contribution < -0.4 is 4.90 Å². The molecule has 4 nitrogen and oxygen atoms in total. The number of fused-ring (bicyclic) bond motifs is 9. The Morgan fingerprint density at radius 3 is 1.67 bits per heavy atom. The van der Waals surface area contributed by atoms with Gasteiger partial charge in [0.1, 0.15) is 22.3 Å². The molecule has 0 amide bonds. The first-order chi connectivity index (χ1) is 22.8. The highest BCUT2D eigenvalue weighted by atomic mass is 16.3. The Balaban J connectivity index is 1.24. The molecule has 10 rings (SSSR count). The van der Waals surface area contributed by atoms with Crippen molar-refractivity contribution in [1.82, 2.24) is 4.57 Å². The summed E-state index contributed by atoms with van der Waals surface area (Å²) in [6.07, 6.45) is 0. The quantitative estimate of drug-likeness (QED) is 0.204. The van der Waals surface area contributed by atoms with Crippen molar-refractivity contribution in [2.45, 2.75) is 0 Å². The number of benzene rings is 7. The normalized spacial score (nSPS) is 11.9. The minimum Gasteiger partial charge on any atom is -0.456 e. The van der Waals surface area contributed by atoms with Crippen molar-refractivity contribution >= 4 is 82.7 Å². The number of anilines is 3. The second kappa shape index (κ2) is 9.62. The number of hydrogen-bond donors (Lipinski definition) is 0. The highest BCUT2D eigenvalue weighted by molar-refractivity contribution is 6.12. The maximum absolute atomic E-state index is 6.37. The lowest BCUT2D eigenvalue weighted by molar-refractivity contribution is 0.668. The van der Waals surface area contributed by atoms with Crippen LogP contribution in [0.2, 0.25) is 0 Å². The zero-order chi connectivity index (χ0) is 30.2. The van der Waals surface area contributed by atoms with Gasteiger partial charge in [-0.05, 0) is 78.9 Å². The molecule has 0 saturated heterocycles. The number of hydrogen-bond acceptors (Lipinski definition) is 3. The van der Waals surface area contributed by atoms with E-state index in [1.165, 1.54) is 21.8 Å². The number of nitrogens with zero attached hydrogens (tertiary/aromatic N) is 2. The molecule has 0 unspecified atom stereocenters. The Bertz CT molecular complexity index is 2770.